The maximum atomic E-state index is 12.7. The monoisotopic (exact) mass is 276 g/mol. The van der Waals surface area contributed by atoms with E-state index in [9.17, 15) is 4.79 Å². The Labute approximate surface area is 120 Å². The van der Waals surface area contributed by atoms with Crippen molar-refractivity contribution in [1.29, 1.82) is 0 Å². The minimum atomic E-state index is -0.208. The standard InChI is InChI=1S/C16H24N2O2/c1-3-8-16(9-11-17-12-10-16)15(19)18-13-4-6-14(20-2)7-5-13/h4-7,17H,3,8-12H2,1-2H3,(H,18,19). The predicted molar refractivity (Wildman–Crippen MR) is 81.1 cm³/mol. The van der Waals surface area contributed by atoms with Gasteiger partial charge in [0.05, 0.1) is 12.5 Å². The van der Waals surface area contributed by atoms with Crippen LogP contribution in [0.25, 0.3) is 0 Å². The number of carbonyl (C=O) groups excluding carboxylic acids is 1. The first kappa shape index (κ1) is 14.9. The zero-order valence-corrected chi connectivity index (χ0v) is 12.4. The Hall–Kier alpha value is -1.55. The molecule has 0 unspecified atom stereocenters. The molecule has 1 amide bonds. The van der Waals surface area contributed by atoms with Gasteiger partial charge in [0.1, 0.15) is 5.75 Å². The van der Waals surface area contributed by atoms with E-state index < -0.39 is 0 Å². The van der Waals surface area contributed by atoms with E-state index in [1.807, 2.05) is 24.3 Å². The molecule has 110 valence electrons. The van der Waals surface area contributed by atoms with E-state index in [-0.39, 0.29) is 11.3 Å². The minimum Gasteiger partial charge on any atom is -0.497 e. The van der Waals surface area contributed by atoms with Crippen LogP contribution >= 0.6 is 0 Å². The van der Waals surface area contributed by atoms with Crippen molar-refractivity contribution in [3.05, 3.63) is 24.3 Å². The molecule has 1 aromatic carbocycles. The number of piperidine rings is 1. The van der Waals surface area contributed by atoms with E-state index in [1.165, 1.54) is 0 Å². The molecule has 0 spiro atoms. The Bertz CT molecular complexity index is 431. The van der Waals surface area contributed by atoms with Gasteiger partial charge in [0.15, 0.2) is 0 Å². The first-order valence-electron chi connectivity index (χ1n) is 7.36. The van der Waals surface area contributed by atoms with Gasteiger partial charge < -0.3 is 15.4 Å². The fraction of sp³-hybridized carbons (Fsp3) is 0.562. The zero-order valence-electron chi connectivity index (χ0n) is 12.4. The third kappa shape index (κ3) is 3.31. The number of carbonyl (C=O) groups is 1. The summed E-state index contributed by atoms with van der Waals surface area (Å²) < 4.78 is 5.13. The summed E-state index contributed by atoms with van der Waals surface area (Å²) in [6.45, 7) is 4.00. The molecule has 1 aliphatic heterocycles. The molecule has 2 N–H and O–H groups in total. The highest BCUT2D eigenvalue weighted by molar-refractivity contribution is 5.95. The lowest BCUT2D eigenvalue weighted by Gasteiger charge is -2.36. The van der Waals surface area contributed by atoms with Crippen LogP contribution in [0.5, 0.6) is 5.75 Å². The summed E-state index contributed by atoms with van der Waals surface area (Å²) in [4.78, 5) is 12.7. The number of methoxy groups -OCH3 is 1. The molecule has 2 rings (SSSR count). The smallest absolute Gasteiger partial charge is 0.230 e. The Balaban J connectivity index is 2.07. The molecule has 1 aromatic rings. The van der Waals surface area contributed by atoms with E-state index in [0.717, 1.165) is 50.2 Å². The van der Waals surface area contributed by atoms with Gasteiger partial charge in [-0.15, -0.1) is 0 Å². The molecule has 0 atom stereocenters. The first-order valence-corrected chi connectivity index (χ1v) is 7.36. The van der Waals surface area contributed by atoms with E-state index >= 15 is 0 Å². The summed E-state index contributed by atoms with van der Waals surface area (Å²) in [5.74, 6) is 0.958. The van der Waals surface area contributed by atoms with Gasteiger partial charge in [-0.2, -0.15) is 0 Å². The maximum Gasteiger partial charge on any atom is 0.230 e. The first-order chi connectivity index (χ1) is 9.70. The average molecular weight is 276 g/mol. The van der Waals surface area contributed by atoms with Crippen molar-refractivity contribution in [2.24, 2.45) is 5.41 Å². The van der Waals surface area contributed by atoms with E-state index in [0.29, 0.717) is 0 Å². The highest BCUT2D eigenvalue weighted by Gasteiger charge is 2.38. The van der Waals surface area contributed by atoms with E-state index in [4.69, 9.17) is 4.74 Å². The van der Waals surface area contributed by atoms with Gasteiger partial charge in [0, 0.05) is 5.69 Å². The second-order valence-electron chi connectivity index (χ2n) is 5.46. The molecular formula is C16H24N2O2. The summed E-state index contributed by atoms with van der Waals surface area (Å²) in [6.07, 6.45) is 3.83. The topological polar surface area (TPSA) is 50.4 Å². The summed E-state index contributed by atoms with van der Waals surface area (Å²) >= 11 is 0. The van der Waals surface area contributed by atoms with Gasteiger partial charge >= 0.3 is 0 Å². The Morgan fingerprint density at radius 3 is 2.50 bits per heavy atom. The number of hydrogen-bond donors (Lipinski definition) is 2. The molecule has 20 heavy (non-hydrogen) atoms. The molecule has 0 aliphatic carbocycles. The lowest BCUT2D eigenvalue weighted by atomic mass is 9.74. The van der Waals surface area contributed by atoms with Crippen molar-refractivity contribution >= 4 is 11.6 Å². The SMILES string of the molecule is CCCC1(C(=O)Nc2ccc(OC)cc2)CCNCC1. The molecular weight excluding hydrogens is 252 g/mol. The highest BCUT2D eigenvalue weighted by Crippen LogP contribution is 2.35. The number of hydrogen-bond acceptors (Lipinski definition) is 3. The Kier molecular flexibility index (Phi) is 5.01. The summed E-state index contributed by atoms with van der Waals surface area (Å²) in [7, 11) is 1.64. The van der Waals surface area contributed by atoms with Gasteiger partial charge in [-0.25, -0.2) is 0 Å². The minimum absolute atomic E-state index is 0.158. The summed E-state index contributed by atoms with van der Waals surface area (Å²) in [5, 5.41) is 6.40. The van der Waals surface area contributed by atoms with Gasteiger partial charge in [0.2, 0.25) is 5.91 Å². The molecule has 4 heteroatoms. The van der Waals surface area contributed by atoms with Crippen molar-refractivity contribution in [2.75, 3.05) is 25.5 Å². The fourth-order valence-electron chi connectivity index (χ4n) is 2.91. The number of anilines is 1. The predicted octanol–water partition coefficient (Wildman–Crippen LogP) is 2.80. The lowest BCUT2D eigenvalue weighted by molar-refractivity contribution is -0.127. The van der Waals surface area contributed by atoms with Crippen LogP contribution in [0, 0.1) is 5.41 Å². The van der Waals surface area contributed by atoms with Gasteiger partial charge in [-0.3, -0.25) is 4.79 Å². The highest BCUT2D eigenvalue weighted by atomic mass is 16.5. The maximum absolute atomic E-state index is 12.7. The largest absolute Gasteiger partial charge is 0.497 e. The quantitative estimate of drug-likeness (QED) is 0.869. The van der Waals surface area contributed by atoms with Crippen LogP contribution in [-0.2, 0) is 4.79 Å². The van der Waals surface area contributed by atoms with Crippen LogP contribution in [0.1, 0.15) is 32.6 Å². The van der Waals surface area contributed by atoms with Crippen molar-refractivity contribution < 1.29 is 9.53 Å². The average Bonchev–Trinajstić information content (AvgIpc) is 2.49. The van der Waals surface area contributed by atoms with Gasteiger partial charge in [0.25, 0.3) is 0 Å². The number of benzene rings is 1. The van der Waals surface area contributed by atoms with Crippen LogP contribution in [0.15, 0.2) is 24.3 Å². The second kappa shape index (κ2) is 6.75. The van der Waals surface area contributed by atoms with Crippen molar-refractivity contribution in [3.8, 4) is 5.75 Å². The molecule has 1 aliphatic rings. The van der Waals surface area contributed by atoms with Gasteiger partial charge in [-0.1, -0.05) is 13.3 Å². The number of nitrogens with one attached hydrogen (secondary N) is 2. The summed E-state index contributed by atoms with van der Waals surface area (Å²) in [6, 6.07) is 7.50. The molecule has 4 nitrogen and oxygen atoms in total. The molecule has 1 fully saturated rings. The third-order valence-corrected chi connectivity index (χ3v) is 4.12. The van der Waals surface area contributed by atoms with Gasteiger partial charge in [-0.05, 0) is 56.6 Å². The third-order valence-electron chi connectivity index (χ3n) is 4.12. The molecule has 0 bridgehead atoms. The molecule has 0 aromatic heterocycles. The lowest BCUT2D eigenvalue weighted by Crippen LogP contribution is -2.44. The zero-order chi connectivity index (χ0) is 14.4. The Morgan fingerprint density at radius 1 is 1.30 bits per heavy atom. The second-order valence-corrected chi connectivity index (χ2v) is 5.46. The molecule has 1 saturated heterocycles. The van der Waals surface area contributed by atoms with Crippen molar-refractivity contribution in [2.45, 2.75) is 32.6 Å². The van der Waals surface area contributed by atoms with Crippen LogP contribution < -0.4 is 15.4 Å². The fourth-order valence-corrected chi connectivity index (χ4v) is 2.91. The summed E-state index contributed by atoms with van der Waals surface area (Å²) in [5.41, 5.74) is 0.629. The number of ether oxygens (including phenoxy) is 1. The molecule has 0 saturated carbocycles. The van der Waals surface area contributed by atoms with Crippen molar-refractivity contribution in [3.63, 3.8) is 0 Å². The van der Waals surface area contributed by atoms with Crippen LogP contribution in [0.2, 0.25) is 0 Å². The van der Waals surface area contributed by atoms with Crippen molar-refractivity contribution in [1.82, 2.24) is 5.32 Å². The van der Waals surface area contributed by atoms with E-state index in [1.54, 1.807) is 7.11 Å². The number of rotatable bonds is 5. The molecule has 1 heterocycles. The van der Waals surface area contributed by atoms with Crippen LogP contribution in [-0.4, -0.2) is 26.1 Å². The normalized spacial score (nSPS) is 17.5. The van der Waals surface area contributed by atoms with E-state index in [2.05, 4.69) is 17.6 Å². The Morgan fingerprint density at radius 2 is 1.95 bits per heavy atom. The number of amides is 1. The molecule has 0 radical (unpaired) electrons. The van der Waals surface area contributed by atoms with Crippen LogP contribution in [0.4, 0.5) is 5.69 Å². The van der Waals surface area contributed by atoms with Crippen LogP contribution in [0.3, 0.4) is 0 Å².